The minimum absolute atomic E-state index is 0.287. The molecule has 0 radical (unpaired) electrons. The van der Waals surface area contributed by atoms with Crippen LogP contribution in [0.1, 0.15) is 51.5 Å². The molecule has 2 heterocycles. The summed E-state index contributed by atoms with van der Waals surface area (Å²) in [5, 5.41) is 3.46. The molecule has 2 unspecified atom stereocenters. The summed E-state index contributed by atoms with van der Waals surface area (Å²) in [6, 6.07) is 20.2. The Morgan fingerprint density at radius 1 is 1.09 bits per heavy atom. The van der Waals surface area contributed by atoms with Gasteiger partial charge < -0.3 is 14.8 Å². The van der Waals surface area contributed by atoms with Crippen LogP contribution < -0.4 is 5.32 Å². The Kier molecular flexibility index (Phi) is 6.06. The second kappa shape index (κ2) is 8.99. The first-order valence-electron chi connectivity index (χ1n) is 11.8. The van der Waals surface area contributed by atoms with Gasteiger partial charge in [0.25, 0.3) is 0 Å². The molecule has 0 bridgehead atoms. The highest BCUT2D eigenvalue weighted by Crippen LogP contribution is 2.59. The van der Waals surface area contributed by atoms with Crippen LogP contribution in [0.5, 0.6) is 0 Å². The van der Waals surface area contributed by atoms with E-state index in [9.17, 15) is 4.79 Å². The summed E-state index contributed by atoms with van der Waals surface area (Å²) in [7, 11) is 0. The van der Waals surface area contributed by atoms with E-state index >= 15 is 0 Å². The van der Waals surface area contributed by atoms with Crippen LogP contribution >= 0.6 is 11.8 Å². The Labute approximate surface area is 199 Å². The molecule has 0 aromatic heterocycles. The molecule has 0 amide bonds. The fraction of sp³-hybridized carbons (Fsp3) is 0.407. The molecule has 1 saturated carbocycles. The summed E-state index contributed by atoms with van der Waals surface area (Å²) >= 11 is 1.40. The number of hydrogen-bond acceptors (Lipinski definition) is 6. The van der Waals surface area contributed by atoms with Gasteiger partial charge in [0.15, 0.2) is 10.4 Å². The van der Waals surface area contributed by atoms with Gasteiger partial charge in [0.05, 0.1) is 12.2 Å². The molecular weight excluding hydrogens is 432 g/mol. The van der Waals surface area contributed by atoms with Gasteiger partial charge in [-0.15, -0.1) is 0 Å². The van der Waals surface area contributed by atoms with Gasteiger partial charge in [-0.2, -0.15) is 0 Å². The fourth-order valence-electron chi connectivity index (χ4n) is 5.37. The van der Waals surface area contributed by atoms with Crippen molar-refractivity contribution in [3.63, 3.8) is 0 Å². The van der Waals surface area contributed by atoms with Crippen LogP contribution in [0.15, 0.2) is 71.2 Å². The first-order valence-corrected chi connectivity index (χ1v) is 12.7. The molecule has 2 aromatic rings. The molecule has 2 spiro atoms. The van der Waals surface area contributed by atoms with Crippen molar-refractivity contribution in [1.82, 2.24) is 0 Å². The molecule has 172 valence electrons. The van der Waals surface area contributed by atoms with Gasteiger partial charge in [0.2, 0.25) is 5.72 Å². The molecule has 5 nitrogen and oxygen atoms in total. The molecule has 1 aliphatic carbocycles. The standard InChI is InChI=1S/C27H30N2O3S/c1-3-31-24(30)23-27(29-25(33-23)28-21-15-9-5-10-16-21)22(20-13-7-4-8-14-20)19(2)26(32-27)17-11-6-12-18-26/h4-5,7-10,13-16,23H,3,6,11-12,17-18H2,1-2H3,(H,28,29). The number of thioether (sulfide) groups is 1. The number of rotatable bonds is 4. The van der Waals surface area contributed by atoms with Crippen molar-refractivity contribution in [2.24, 2.45) is 4.99 Å². The highest BCUT2D eigenvalue weighted by atomic mass is 32.2. The van der Waals surface area contributed by atoms with Crippen molar-refractivity contribution in [1.29, 1.82) is 0 Å². The maximum absolute atomic E-state index is 13.3. The number of esters is 1. The molecule has 0 saturated heterocycles. The normalized spacial score (nSPS) is 26.0. The smallest absolute Gasteiger partial charge is 0.325 e. The number of carbonyl (C=O) groups is 1. The summed E-state index contributed by atoms with van der Waals surface area (Å²) in [4.78, 5) is 18.5. The molecule has 1 fully saturated rings. The Hall–Kier alpha value is -2.57. The summed E-state index contributed by atoms with van der Waals surface area (Å²) in [5.74, 6) is -0.287. The molecule has 5 rings (SSSR count). The van der Waals surface area contributed by atoms with Gasteiger partial charge >= 0.3 is 5.97 Å². The Balaban J connectivity index is 1.65. The minimum Gasteiger partial charge on any atom is -0.465 e. The number of anilines is 1. The van der Waals surface area contributed by atoms with E-state index in [-0.39, 0.29) is 11.6 Å². The summed E-state index contributed by atoms with van der Waals surface area (Å²) in [6.45, 7) is 4.33. The molecule has 1 N–H and O–H groups in total. The number of ether oxygens (including phenoxy) is 2. The van der Waals surface area contributed by atoms with E-state index in [1.807, 2.05) is 55.5 Å². The van der Waals surface area contributed by atoms with Crippen LogP contribution in [0.25, 0.3) is 5.57 Å². The monoisotopic (exact) mass is 462 g/mol. The lowest BCUT2D eigenvalue weighted by Gasteiger charge is -2.38. The zero-order valence-electron chi connectivity index (χ0n) is 19.2. The molecule has 3 aliphatic rings. The van der Waals surface area contributed by atoms with Gasteiger partial charge in [-0.1, -0.05) is 79.6 Å². The van der Waals surface area contributed by atoms with Crippen molar-refractivity contribution < 1.29 is 14.3 Å². The van der Waals surface area contributed by atoms with E-state index < -0.39 is 11.0 Å². The third kappa shape index (κ3) is 3.89. The lowest BCUT2D eigenvalue weighted by Crippen LogP contribution is -2.47. The van der Waals surface area contributed by atoms with Crippen LogP contribution in [0.3, 0.4) is 0 Å². The Bertz CT molecular complexity index is 1080. The van der Waals surface area contributed by atoms with Crippen LogP contribution in [-0.2, 0) is 14.3 Å². The minimum atomic E-state index is -1.11. The van der Waals surface area contributed by atoms with Crippen LogP contribution in [-0.4, -0.2) is 34.3 Å². The van der Waals surface area contributed by atoms with Crippen LogP contribution in [0, 0.1) is 0 Å². The fourth-order valence-corrected chi connectivity index (χ4v) is 6.50. The van der Waals surface area contributed by atoms with Gasteiger partial charge in [0, 0.05) is 11.3 Å². The molecule has 2 aliphatic heterocycles. The summed E-state index contributed by atoms with van der Waals surface area (Å²) in [6.07, 6.45) is 5.35. The number of nitrogens with zero attached hydrogens (tertiary/aromatic N) is 1. The molecule has 2 aromatic carbocycles. The number of aliphatic imine (C=N–C) groups is 1. The van der Waals surface area contributed by atoms with Crippen LogP contribution in [0.2, 0.25) is 0 Å². The van der Waals surface area contributed by atoms with Gasteiger partial charge in [-0.05, 0) is 50.0 Å². The van der Waals surface area contributed by atoms with Crippen LogP contribution in [0.4, 0.5) is 5.69 Å². The summed E-state index contributed by atoms with van der Waals surface area (Å²) in [5.41, 5.74) is 2.69. The van der Waals surface area contributed by atoms with E-state index in [0.717, 1.165) is 42.5 Å². The third-order valence-electron chi connectivity index (χ3n) is 6.87. The number of amidine groups is 1. The Morgan fingerprint density at radius 3 is 2.42 bits per heavy atom. The van der Waals surface area contributed by atoms with Crippen molar-refractivity contribution in [3.8, 4) is 0 Å². The first-order chi connectivity index (χ1) is 16.1. The van der Waals surface area contributed by atoms with Gasteiger partial charge in [-0.25, -0.2) is 4.99 Å². The second-order valence-corrected chi connectivity index (χ2v) is 9.97. The van der Waals surface area contributed by atoms with E-state index in [2.05, 4.69) is 24.4 Å². The number of benzene rings is 2. The quantitative estimate of drug-likeness (QED) is 0.562. The predicted molar refractivity (Wildman–Crippen MR) is 134 cm³/mol. The number of nitrogens with one attached hydrogen (secondary N) is 1. The lowest BCUT2D eigenvalue weighted by molar-refractivity contribution is -0.152. The van der Waals surface area contributed by atoms with Crippen molar-refractivity contribution >= 4 is 34.2 Å². The third-order valence-corrected chi connectivity index (χ3v) is 8.03. The predicted octanol–water partition coefficient (Wildman–Crippen LogP) is 6.04. The lowest BCUT2D eigenvalue weighted by atomic mass is 9.78. The first kappa shape index (κ1) is 22.2. The largest absolute Gasteiger partial charge is 0.465 e. The maximum atomic E-state index is 13.3. The van der Waals surface area contributed by atoms with Crippen molar-refractivity contribution in [2.45, 2.75) is 62.5 Å². The van der Waals surface area contributed by atoms with Gasteiger partial charge in [0.1, 0.15) is 0 Å². The molecule has 2 atom stereocenters. The number of hydrogen-bond donors (Lipinski definition) is 1. The number of carbonyl (C=O) groups excluding carboxylic acids is 1. The maximum Gasteiger partial charge on any atom is 0.325 e. The van der Waals surface area contributed by atoms with E-state index in [4.69, 9.17) is 14.5 Å². The topological polar surface area (TPSA) is 59.9 Å². The average Bonchev–Trinajstić information content (AvgIpc) is 3.29. The van der Waals surface area contributed by atoms with E-state index in [0.29, 0.717) is 11.8 Å². The Morgan fingerprint density at radius 2 is 1.76 bits per heavy atom. The summed E-state index contributed by atoms with van der Waals surface area (Å²) < 4.78 is 12.6. The van der Waals surface area contributed by atoms with Crippen molar-refractivity contribution in [3.05, 3.63) is 71.8 Å². The van der Waals surface area contributed by atoms with E-state index in [1.165, 1.54) is 23.8 Å². The van der Waals surface area contributed by atoms with Crippen molar-refractivity contribution in [2.75, 3.05) is 11.9 Å². The molecule has 6 heteroatoms. The highest BCUT2D eigenvalue weighted by molar-refractivity contribution is 8.15. The highest BCUT2D eigenvalue weighted by Gasteiger charge is 2.63. The van der Waals surface area contributed by atoms with Gasteiger partial charge in [-0.3, -0.25) is 4.79 Å². The van der Waals surface area contributed by atoms with E-state index in [1.54, 1.807) is 0 Å². The number of para-hydroxylation sites is 1. The zero-order valence-corrected chi connectivity index (χ0v) is 20.0. The molecule has 33 heavy (non-hydrogen) atoms. The zero-order chi connectivity index (χ0) is 22.9. The second-order valence-electron chi connectivity index (χ2n) is 8.88. The SMILES string of the molecule is CCOC(=O)C1SC(Nc2ccccc2)=NC12OC1(CCCCC1)C(C)=C2c1ccccc1. The molecular formula is C27H30N2O3S. The average molecular weight is 463 g/mol.